The van der Waals surface area contributed by atoms with Crippen LogP contribution in [0.3, 0.4) is 0 Å². The number of benzene rings is 2. The first-order chi connectivity index (χ1) is 11.0. The maximum absolute atomic E-state index is 11.6. The fraction of sp³-hybridized carbons (Fsp3) is 0.125. The summed E-state index contributed by atoms with van der Waals surface area (Å²) in [7, 11) is 0. The molecule has 0 spiro atoms. The first kappa shape index (κ1) is 16.2. The van der Waals surface area contributed by atoms with Gasteiger partial charge in [-0.2, -0.15) is 5.10 Å². The van der Waals surface area contributed by atoms with Gasteiger partial charge in [-0.3, -0.25) is 14.9 Å². The van der Waals surface area contributed by atoms with Gasteiger partial charge >= 0.3 is 0 Å². The number of nitrogens with zero attached hydrogens (tertiary/aromatic N) is 2. The predicted octanol–water partition coefficient (Wildman–Crippen LogP) is 2.43. The summed E-state index contributed by atoms with van der Waals surface area (Å²) >= 11 is 0. The van der Waals surface area contributed by atoms with Crippen LogP contribution >= 0.6 is 0 Å². The molecule has 0 atom stereocenters. The first-order valence-corrected chi connectivity index (χ1v) is 6.80. The van der Waals surface area contributed by atoms with Crippen LogP contribution in [-0.2, 0) is 4.79 Å². The summed E-state index contributed by atoms with van der Waals surface area (Å²) in [4.78, 5) is 21.6. The second-order valence-electron chi connectivity index (χ2n) is 4.75. The summed E-state index contributed by atoms with van der Waals surface area (Å²) in [5, 5.41) is 14.4. The molecule has 0 aliphatic rings. The average Bonchev–Trinajstić information content (AvgIpc) is 2.53. The number of hydrogen-bond acceptors (Lipinski definition) is 5. The number of aryl methyl sites for hydroxylation is 1. The van der Waals surface area contributed by atoms with Gasteiger partial charge in [0.2, 0.25) is 0 Å². The number of rotatable bonds is 6. The highest BCUT2D eigenvalue weighted by Crippen LogP contribution is 2.16. The van der Waals surface area contributed by atoms with Crippen LogP contribution in [0.25, 0.3) is 0 Å². The van der Waals surface area contributed by atoms with Crippen LogP contribution in [0.5, 0.6) is 5.75 Å². The Bertz CT molecular complexity index is 726. The van der Waals surface area contributed by atoms with Crippen molar-refractivity contribution >= 4 is 17.8 Å². The van der Waals surface area contributed by atoms with Crippen molar-refractivity contribution in [2.75, 3.05) is 6.61 Å². The van der Waals surface area contributed by atoms with Gasteiger partial charge < -0.3 is 4.74 Å². The molecule has 2 aromatic rings. The van der Waals surface area contributed by atoms with E-state index in [2.05, 4.69) is 10.5 Å². The normalized spacial score (nSPS) is 10.5. The molecule has 0 unspecified atom stereocenters. The summed E-state index contributed by atoms with van der Waals surface area (Å²) in [6.07, 6.45) is 1.54. The Morgan fingerprint density at radius 2 is 2.04 bits per heavy atom. The molecule has 23 heavy (non-hydrogen) atoms. The molecule has 2 rings (SSSR count). The third kappa shape index (κ3) is 5.24. The van der Waals surface area contributed by atoms with Crippen molar-refractivity contribution in [1.82, 2.24) is 5.43 Å². The van der Waals surface area contributed by atoms with Crippen molar-refractivity contribution in [2.24, 2.45) is 5.10 Å². The summed E-state index contributed by atoms with van der Waals surface area (Å²) in [6, 6.07) is 13.2. The van der Waals surface area contributed by atoms with Crippen LogP contribution in [0, 0.1) is 17.0 Å². The molecule has 0 saturated heterocycles. The van der Waals surface area contributed by atoms with Gasteiger partial charge in [-0.25, -0.2) is 5.43 Å². The second kappa shape index (κ2) is 7.69. The molecule has 0 aliphatic carbocycles. The Morgan fingerprint density at radius 3 is 2.70 bits per heavy atom. The number of hydrogen-bond donors (Lipinski definition) is 1. The molecule has 0 heterocycles. The summed E-state index contributed by atoms with van der Waals surface area (Å²) in [5.41, 5.74) is 4.29. The van der Waals surface area contributed by atoms with Crippen LogP contribution in [0.4, 0.5) is 5.69 Å². The lowest BCUT2D eigenvalue weighted by atomic mass is 10.2. The van der Waals surface area contributed by atoms with Gasteiger partial charge in [-0.1, -0.05) is 29.8 Å². The molecule has 7 nitrogen and oxygen atoms in total. The maximum atomic E-state index is 11.6. The molecular weight excluding hydrogens is 298 g/mol. The quantitative estimate of drug-likeness (QED) is 0.503. The van der Waals surface area contributed by atoms with Gasteiger partial charge in [0.15, 0.2) is 6.61 Å². The highest BCUT2D eigenvalue weighted by Gasteiger charge is 2.06. The molecule has 0 saturated carbocycles. The largest absolute Gasteiger partial charge is 0.484 e. The number of nitro benzene ring substituents is 1. The summed E-state index contributed by atoms with van der Waals surface area (Å²) < 4.78 is 5.22. The zero-order valence-corrected chi connectivity index (χ0v) is 12.4. The van der Waals surface area contributed by atoms with Crippen molar-refractivity contribution in [1.29, 1.82) is 0 Å². The summed E-state index contributed by atoms with van der Waals surface area (Å²) in [6.45, 7) is 1.73. The molecule has 7 heteroatoms. The van der Waals surface area contributed by atoms with Crippen molar-refractivity contribution in [2.45, 2.75) is 6.92 Å². The predicted molar refractivity (Wildman–Crippen MR) is 85.5 cm³/mol. The Morgan fingerprint density at radius 1 is 1.30 bits per heavy atom. The third-order valence-corrected chi connectivity index (χ3v) is 2.86. The van der Waals surface area contributed by atoms with Gasteiger partial charge in [-0.05, 0) is 24.6 Å². The number of carbonyl (C=O) groups excluding carboxylic acids is 1. The number of ether oxygens (including phenoxy) is 1. The topological polar surface area (TPSA) is 93.8 Å². The Hall–Kier alpha value is -3.22. The van der Waals surface area contributed by atoms with E-state index in [9.17, 15) is 14.9 Å². The van der Waals surface area contributed by atoms with Gasteiger partial charge in [0.1, 0.15) is 5.75 Å². The first-order valence-electron chi connectivity index (χ1n) is 6.80. The highest BCUT2D eigenvalue weighted by atomic mass is 16.6. The molecule has 0 bridgehead atoms. The fourth-order valence-corrected chi connectivity index (χ4v) is 1.77. The van der Waals surface area contributed by atoms with Gasteiger partial charge in [0.25, 0.3) is 11.6 Å². The molecule has 1 N–H and O–H groups in total. The van der Waals surface area contributed by atoms with Crippen LogP contribution in [-0.4, -0.2) is 23.7 Å². The van der Waals surface area contributed by atoms with E-state index in [4.69, 9.17) is 4.74 Å². The molecule has 0 aliphatic heterocycles. The molecule has 0 aromatic heterocycles. The van der Waals surface area contributed by atoms with E-state index in [0.717, 1.165) is 11.1 Å². The lowest BCUT2D eigenvalue weighted by molar-refractivity contribution is -0.384. The molecule has 0 radical (unpaired) electrons. The van der Waals surface area contributed by atoms with Gasteiger partial charge in [-0.15, -0.1) is 0 Å². The number of nitro groups is 1. The third-order valence-electron chi connectivity index (χ3n) is 2.86. The van der Waals surface area contributed by atoms with E-state index >= 15 is 0 Å². The monoisotopic (exact) mass is 313 g/mol. The van der Waals surface area contributed by atoms with E-state index in [1.807, 2.05) is 31.2 Å². The molecule has 2 aromatic carbocycles. The van der Waals surface area contributed by atoms with Crippen LogP contribution in [0.1, 0.15) is 11.1 Å². The number of amides is 1. The zero-order valence-electron chi connectivity index (χ0n) is 12.4. The standard InChI is InChI=1S/C16H15N3O4/c1-12-3-2-4-13(9-12)10-17-18-16(20)11-23-15-7-5-14(6-8-15)19(21)22/h2-10H,11H2,1H3,(H,18,20)/b17-10+. The maximum Gasteiger partial charge on any atom is 0.277 e. The minimum atomic E-state index is -0.503. The van der Waals surface area contributed by atoms with Crippen LogP contribution < -0.4 is 10.2 Å². The molecule has 1 amide bonds. The lowest BCUT2D eigenvalue weighted by Crippen LogP contribution is -2.24. The molecular formula is C16H15N3O4. The van der Waals surface area contributed by atoms with Crippen molar-refractivity contribution in [3.05, 3.63) is 69.8 Å². The van der Waals surface area contributed by atoms with E-state index in [0.29, 0.717) is 5.75 Å². The van der Waals surface area contributed by atoms with Gasteiger partial charge in [0.05, 0.1) is 11.1 Å². The number of carbonyl (C=O) groups is 1. The lowest BCUT2D eigenvalue weighted by Gasteiger charge is -2.04. The highest BCUT2D eigenvalue weighted by molar-refractivity contribution is 5.83. The van der Waals surface area contributed by atoms with E-state index in [1.54, 1.807) is 0 Å². The zero-order chi connectivity index (χ0) is 16.7. The Kier molecular flexibility index (Phi) is 5.40. The second-order valence-corrected chi connectivity index (χ2v) is 4.75. The molecule has 0 fully saturated rings. The van der Waals surface area contributed by atoms with E-state index in [1.165, 1.54) is 30.5 Å². The fourth-order valence-electron chi connectivity index (χ4n) is 1.77. The number of nitrogens with one attached hydrogen (secondary N) is 1. The number of hydrazone groups is 1. The number of non-ortho nitro benzene ring substituents is 1. The van der Waals surface area contributed by atoms with Gasteiger partial charge in [0, 0.05) is 12.1 Å². The van der Waals surface area contributed by atoms with E-state index in [-0.39, 0.29) is 12.3 Å². The van der Waals surface area contributed by atoms with Crippen molar-refractivity contribution in [3.8, 4) is 5.75 Å². The average molecular weight is 313 g/mol. The Balaban J connectivity index is 1.79. The van der Waals surface area contributed by atoms with Crippen LogP contribution in [0.15, 0.2) is 53.6 Å². The SMILES string of the molecule is Cc1cccc(/C=N/NC(=O)COc2ccc([N+](=O)[O-])cc2)c1. The summed E-state index contributed by atoms with van der Waals surface area (Å²) in [5.74, 6) is -0.0549. The van der Waals surface area contributed by atoms with Crippen LogP contribution in [0.2, 0.25) is 0 Å². The van der Waals surface area contributed by atoms with Crippen molar-refractivity contribution in [3.63, 3.8) is 0 Å². The smallest absolute Gasteiger partial charge is 0.277 e. The minimum absolute atomic E-state index is 0.0374. The van der Waals surface area contributed by atoms with E-state index < -0.39 is 10.8 Å². The minimum Gasteiger partial charge on any atom is -0.484 e. The molecule has 118 valence electrons. The van der Waals surface area contributed by atoms with Crippen molar-refractivity contribution < 1.29 is 14.5 Å². The Labute approximate surface area is 132 Å².